The van der Waals surface area contributed by atoms with Crippen molar-refractivity contribution in [2.24, 2.45) is 0 Å². The zero-order valence-corrected chi connectivity index (χ0v) is 11.5. The van der Waals surface area contributed by atoms with Gasteiger partial charge in [-0.3, -0.25) is 9.69 Å². The highest BCUT2D eigenvalue weighted by Crippen LogP contribution is 2.21. The second-order valence-electron chi connectivity index (χ2n) is 5.41. The summed E-state index contributed by atoms with van der Waals surface area (Å²) in [5.41, 5.74) is -0.228. The van der Waals surface area contributed by atoms with Crippen molar-refractivity contribution >= 4 is 5.91 Å². The van der Waals surface area contributed by atoms with Crippen LogP contribution in [0.3, 0.4) is 0 Å². The molecule has 17 heavy (non-hydrogen) atoms. The molecular formula is C12H24N2O3. The molecule has 1 atom stereocenters. The maximum atomic E-state index is 11.7. The summed E-state index contributed by atoms with van der Waals surface area (Å²) >= 11 is 0. The van der Waals surface area contributed by atoms with Crippen LogP contribution in [0.15, 0.2) is 0 Å². The van der Waals surface area contributed by atoms with Crippen molar-refractivity contribution in [3.8, 4) is 0 Å². The molecule has 0 saturated carbocycles. The van der Waals surface area contributed by atoms with Crippen molar-refractivity contribution in [3.63, 3.8) is 0 Å². The summed E-state index contributed by atoms with van der Waals surface area (Å²) in [5, 5.41) is 0. The highest BCUT2D eigenvalue weighted by atomic mass is 16.5. The molecule has 1 saturated heterocycles. The van der Waals surface area contributed by atoms with Crippen molar-refractivity contribution < 1.29 is 14.3 Å². The fourth-order valence-corrected chi connectivity index (χ4v) is 2.14. The van der Waals surface area contributed by atoms with Gasteiger partial charge in [-0.25, -0.2) is 0 Å². The highest BCUT2D eigenvalue weighted by molar-refractivity contribution is 5.77. The van der Waals surface area contributed by atoms with E-state index in [2.05, 4.69) is 4.90 Å². The van der Waals surface area contributed by atoms with Crippen molar-refractivity contribution in [3.05, 3.63) is 0 Å². The van der Waals surface area contributed by atoms with Crippen LogP contribution in [0.2, 0.25) is 0 Å². The zero-order valence-electron chi connectivity index (χ0n) is 11.5. The number of hydrogen-bond donors (Lipinski definition) is 0. The van der Waals surface area contributed by atoms with Crippen molar-refractivity contribution in [2.75, 3.05) is 47.4 Å². The first kappa shape index (κ1) is 14.4. The van der Waals surface area contributed by atoms with E-state index in [-0.39, 0.29) is 17.6 Å². The number of likely N-dealkylation sites (N-methyl/N-ethyl adjacent to an activating group) is 1. The molecule has 0 aliphatic carbocycles. The van der Waals surface area contributed by atoms with Crippen LogP contribution in [0.4, 0.5) is 0 Å². The monoisotopic (exact) mass is 244 g/mol. The lowest BCUT2D eigenvalue weighted by Crippen LogP contribution is -2.55. The lowest BCUT2D eigenvalue weighted by molar-refractivity contribution is -0.158. The molecule has 0 aromatic heterocycles. The van der Waals surface area contributed by atoms with E-state index in [1.807, 2.05) is 13.8 Å². The molecule has 0 spiro atoms. The van der Waals surface area contributed by atoms with Crippen LogP contribution in [-0.4, -0.2) is 74.9 Å². The largest absolute Gasteiger partial charge is 0.382 e. The summed E-state index contributed by atoms with van der Waals surface area (Å²) in [6, 6.07) is 0. The SMILES string of the molecule is COC[C@@H]1CN(CC(=O)N(C)C)CC(C)(C)O1. The molecule has 1 rings (SSSR count). The predicted octanol–water partition coefficient (Wildman–Crippen LogP) is 0.200. The average molecular weight is 244 g/mol. The van der Waals surface area contributed by atoms with Gasteiger partial charge in [0.1, 0.15) is 0 Å². The third-order valence-electron chi connectivity index (χ3n) is 2.76. The molecule has 0 N–H and O–H groups in total. The molecule has 100 valence electrons. The highest BCUT2D eigenvalue weighted by Gasteiger charge is 2.34. The molecular weight excluding hydrogens is 220 g/mol. The fraction of sp³-hybridized carbons (Fsp3) is 0.917. The molecule has 0 aromatic carbocycles. The minimum absolute atomic E-state index is 0.0405. The summed E-state index contributed by atoms with van der Waals surface area (Å²) < 4.78 is 11.0. The van der Waals surface area contributed by atoms with E-state index in [4.69, 9.17) is 9.47 Å². The summed E-state index contributed by atoms with van der Waals surface area (Å²) in [5.74, 6) is 0.124. The van der Waals surface area contributed by atoms with E-state index in [1.54, 1.807) is 26.1 Å². The lowest BCUT2D eigenvalue weighted by Gasteiger charge is -2.42. The molecule has 1 aliphatic rings. The Morgan fingerprint density at radius 1 is 1.53 bits per heavy atom. The molecule has 0 unspecified atom stereocenters. The quantitative estimate of drug-likeness (QED) is 0.708. The van der Waals surface area contributed by atoms with Gasteiger partial charge in [-0.2, -0.15) is 0 Å². The Bertz CT molecular complexity index is 266. The molecule has 5 heteroatoms. The second kappa shape index (κ2) is 5.80. The lowest BCUT2D eigenvalue weighted by atomic mass is 10.1. The Morgan fingerprint density at radius 2 is 2.18 bits per heavy atom. The number of carbonyl (C=O) groups excluding carboxylic acids is 1. The third kappa shape index (κ3) is 4.61. The summed E-state index contributed by atoms with van der Waals surface area (Å²) in [6.07, 6.45) is 0.0405. The topological polar surface area (TPSA) is 42.0 Å². The van der Waals surface area contributed by atoms with Gasteiger partial charge in [0.2, 0.25) is 5.91 Å². The Balaban J connectivity index is 2.57. The van der Waals surface area contributed by atoms with Crippen LogP contribution in [0, 0.1) is 0 Å². The number of amides is 1. The van der Waals surface area contributed by atoms with Gasteiger partial charge in [-0.05, 0) is 13.8 Å². The van der Waals surface area contributed by atoms with Gasteiger partial charge in [0.05, 0.1) is 24.9 Å². The van der Waals surface area contributed by atoms with E-state index < -0.39 is 0 Å². The summed E-state index contributed by atoms with van der Waals surface area (Å²) in [4.78, 5) is 15.5. The van der Waals surface area contributed by atoms with Crippen LogP contribution in [0.5, 0.6) is 0 Å². The van der Waals surface area contributed by atoms with Gasteiger partial charge in [0.15, 0.2) is 0 Å². The van der Waals surface area contributed by atoms with E-state index in [0.29, 0.717) is 13.2 Å². The minimum atomic E-state index is -0.228. The van der Waals surface area contributed by atoms with Crippen molar-refractivity contribution in [2.45, 2.75) is 25.6 Å². The van der Waals surface area contributed by atoms with Crippen molar-refractivity contribution in [1.29, 1.82) is 0 Å². The van der Waals surface area contributed by atoms with Crippen LogP contribution in [0.25, 0.3) is 0 Å². The number of methoxy groups -OCH3 is 1. The first-order valence-electron chi connectivity index (χ1n) is 5.93. The van der Waals surface area contributed by atoms with Gasteiger partial charge in [-0.1, -0.05) is 0 Å². The summed E-state index contributed by atoms with van der Waals surface area (Å²) in [6.45, 7) is 6.61. The fourth-order valence-electron chi connectivity index (χ4n) is 2.14. The first-order valence-corrected chi connectivity index (χ1v) is 5.93. The molecule has 1 aliphatic heterocycles. The van der Waals surface area contributed by atoms with Crippen LogP contribution < -0.4 is 0 Å². The molecule has 1 amide bonds. The van der Waals surface area contributed by atoms with Gasteiger partial charge in [0, 0.05) is 34.3 Å². The van der Waals surface area contributed by atoms with E-state index in [1.165, 1.54) is 0 Å². The van der Waals surface area contributed by atoms with Gasteiger partial charge < -0.3 is 14.4 Å². The molecule has 0 aromatic rings. The van der Waals surface area contributed by atoms with Gasteiger partial charge in [0.25, 0.3) is 0 Å². The predicted molar refractivity (Wildman–Crippen MR) is 66.0 cm³/mol. The number of morpholine rings is 1. The molecule has 1 fully saturated rings. The molecule has 5 nitrogen and oxygen atoms in total. The molecule has 1 heterocycles. The van der Waals surface area contributed by atoms with E-state index >= 15 is 0 Å². The average Bonchev–Trinajstić information content (AvgIpc) is 2.15. The van der Waals surface area contributed by atoms with Crippen LogP contribution in [0.1, 0.15) is 13.8 Å². The molecule has 0 bridgehead atoms. The Morgan fingerprint density at radius 3 is 2.71 bits per heavy atom. The minimum Gasteiger partial charge on any atom is -0.382 e. The third-order valence-corrected chi connectivity index (χ3v) is 2.76. The number of ether oxygens (including phenoxy) is 2. The standard InChI is InChI=1S/C12H24N2O3/c1-12(2)9-14(7-11(15)13(3)4)6-10(17-12)8-16-5/h10H,6-9H2,1-5H3/t10-/m0/s1. The number of rotatable bonds is 4. The Labute approximate surface area is 104 Å². The zero-order chi connectivity index (χ0) is 13.1. The normalized spacial score (nSPS) is 24.6. The number of nitrogens with zero attached hydrogens (tertiary/aromatic N) is 2. The first-order chi connectivity index (χ1) is 7.84. The number of carbonyl (C=O) groups is 1. The maximum absolute atomic E-state index is 11.7. The van der Waals surface area contributed by atoms with Crippen LogP contribution in [-0.2, 0) is 14.3 Å². The Kier molecular flexibility index (Phi) is 4.91. The van der Waals surface area contributed by atoms with E-state index in [9.17, 15) is 4.79 Å². The van der Waals surface area contributed by atoms with Gasteiger partial charge >= 0.3 is 0 Å². The second-order valence-corrected chi connectivity index (χ2v) is 5.41. The smallest absolute Gasteiger partial charge is 0.236 e. The van der Waals surface area contributed by atoms with E-state index in [0.717, 1.165) is 13.1 Å². The van der Waals surface area contributed by atoms with Crippen molar-refractivity contribution in [1.82, 2.24) is 9.80 Å². The van der Waals surface area contributed by atoms with Crippen LogP contribution >= 0.6 is 0 Å². The summed E-state index contributed by atoms with van der Waals surface area (Å²) in [7, 11) is 5.22. The molecule has 0 radical (unpaired) electrons. The Hall–Kier alpha value is -0.650. The maximum Gasteiger partial charge on any atom is 0.236 e. The number of hydrogen-bond acceptors (Lipinski definition) is 4. The van der Waals surface area contributed by atoms with Gasteiger partial charge in [-0.15, -0.1) is 0 Å².